The molecule has 0 aromatic carbocycles. The number of hydrogen-bond donors (Lipinski definition) is 0. The van der Waals surface area contributed by atoms with Crippen LogP contribution in [0, 0.1) is 0 Å². The Kier molecular flexibility index (Phi) is 11.2. The number of esters is 4. The summed E-state index contributed by atoms with van der Waals surface area (Å²) in [7, 11) is 2.66. The van der Waals surface area contributed by atoms with E-state index in [0.29, 0.717) is 0 Å². The Balaban J connectivity index is 5.60. The van der Waals surface area contributed by atoms with Crippen molar-refractivity contribution in [3.63, 3.8) is 0 Å². The molecule has 0 bridgehead atoms. The molecule has 0 rings (SSSR count). The first kappa shape index (κ1) is 23.8. The summed E-state index contributed by atoms with van der Waals surface area (Å²) in [6.45, 7) is 4.15. The monoisotopic (exact) mass is 378 g/mol. The summed E-state index contributed by atoms with van der Waals surface area (Å²) in [6.07, 6.45) is -4.16. The Morgan fingerprint density at radius 2 is 1.08 bits per heavy atom. The molecule has 0 fully saturated rings. The van der Waals surface area contributed by atoms with Crippen molar-refractivity contribution in [2.45, 2.75) is 52.1 Å². The molecule has 0 heterocycles. The molecule has 0 saturated heterocycles. The van der Waals surface area contributed by atoms with Crippen LogP contribution in [0.15, 0.2) is 0 Å². The molecular weight excluding hydrogens is 352 g/mol. The highest BCUT2D eigenvalue weighted by atomic mass is 16.6. The predicted molar refractivity (Wildman–Crippen MR) is 86.0 cm³/mol. The van der Waals surface area contributed by atoms with Crippen molar-refractivity contribution in [1.82, 2.24) is 0 Å². The van der Waals surface area contributed by atoms with Crippen LogP contribution in [-0.2, 0) is 47.6 Å². The average Bonchev–Trinajstić information content (AvgIpc) is 2.52. The van der Waals surface area contributed by atoms with Gasteiger partial charge in [-0.25, -0.2) is 0 Å². The lowest BCUT2D eigenvalue weighted by atomic mass is 10.0. The number of rotatable bonds is 11. The maximum Gasteiger partial charge on any atom is 0.303 e. The molecule has 0 N–H and O–H groups in total. The third kappa shape index (κ3) is 9.33. The van der Waals surface area contributed by atoms with Crippen molar-refractivity contribution in [1.29, 1.82) is 0 Å². The van der Waals surface area contributed by atoms with E-state index < -0.39 is 48.3 Å². The average molecular weight is 378 g/mol. The molecule has 0 aliphatic carbocycles. The predicted octanol–water partition coefficient (Wildman–Crippen LogP) is 0.00600. The molecule has 0 unspecified atom stereocenters. The smallest absolute Gasteiger partial charge is 0.303 e. The molecule has 0 aliphatic rings. The molecule has 0 amide bonds. The van der Waals surface area contributed by atoms with Crippen LogP contribution in [0.2, 0.25) is 0 Å². The summed E-state index contributed by atoms with van der Waals surface area (Å²) in [5.41, 5.74) is 0. The Morgan fingerprint density at radius 1 is 0.615 bits per heavy atom. The van der Waals surface area contributed by atoms with Gasteiger partial charge in [0.15, 0.2) is 12.2 Å². The van der Waals surface area contributed by atoms with E-state index in [4.69, 9.17) is 28.4 Å². The molecule has 26 heavy (non-hydrogen) atoms. The first-order valence-electron chi connectivity index (χ1n) is 7.79. The van der Waals surface area contributed by atoms with Crippen LogP contribution in [0.25, 0.3) is 0 Å². The maximum absolute atomic E-state index is 11.5. The summed E-state index contributed by atoms with van der Waals surface area (Å²) in [6, 6.07) is 0. The van der Waals surface area contributed by atoms with Crippen LogP contribution >= 0.6 is 0 Å². The van der Waals surface area contributed by atoms with Crippen LogP contribution < -0.4 is 0 Å². The van der Waals surface area contributed by atoms with Gasteiger partial charge in [-0.05, 0) is 0 Å². The van der Waals surface area contributed by atoms with Gasteiger partial charge < -0.3 is 28.4 Å². The van der Waals surface area contributed by atoms with Crippen molar-refractivity contribution in [2.24, 2.45) is 0 Å². The molecule has 0 radical (unpaired) electrons. The molecule has 0 aromatic rings. The second-order valence-electron chi connectivity index (χ2n) is 5.30. The molecule has 0 spiro atoms. The minimum absolute atomic E-state index is 0.192. The molecule has 150 valence electrons. The SMILES string of the molecule is CO[C@@H]([C@H](OC(C)=O)[C@@H](COC(C)=O)OC(C)=O)[C@H](COC(C)=O)OC. The molecule has 0 aliphatic heterocycles. The lowest BCUT2D eigenvalue weighted by Crippen LogP contribution is -2.52. The normalized spacial score (nSPS) is 15.2. The second-order valence-corrected chi connectivity index (χ2v) is 5.30. The minimum atomic E-state index is -1.18. The van der Waals surface area contributed by atoms with Gasteiger partial charge in [-0.15, -0.1) is 0 Å². The van der Waals surface area contributed by atoms with Gasteiger partial charge >= 0.3 is 23.9 Å². The van der Waals surface area contributed by atoms with Gasteiger partial charge in [0.2, 0.25) is 0 Å². The third-order valence-electron chi connectivity index (χ3n) is 3.15. The molecule has 0 aromatic heterocycles. The molecule has 0 saturated carbocycles. The highest BCUT2D eigenvalue weighted by molar-refractivity contribution is 5.68. The third-order valence-corrected chi connectivity index (χ3v) is 3.15. The van der Waals surface area contributed by atoms with Gasteiger partial charge in [0.1, 0.15) is 25.4 Å². The van der Waals surface area contributed by atoms with Crippen molar-refractivity contribution < 1.29 is 47.6 Å². The Morgan fingerprint density at radius 3 is 1.42 bits per heavy atom. The van der Waals surface area contributed by atoms with E-state index in [1.165, 1.54) is 28.1 Å². The fraction of sp³-hybridized carbons (Fsp3) is 0.750. The van der Waals surface area contributed by atoms with Crippen LogP contribution in [0.5, 0.6) is 0 Å². The van der Waals surface area contributed by atoms with Crippen LogP contribution in [0.1, 0.15) is 27.7 Å². The standard InChI is InChI=1S/C16H26O10/c1-9(17)23-7-13(21-5)15(22-6)16(26-12(4)20)14(25-11(3)19)8-24-10(2)18/h13-16H,7-8H2,1-6H3/t13-,14+,15+,16+/m0/s1. The van der Waals surface area contributed by atoms with Gasteiger partial charge in [0.25, 0.3) is 0 Å². The summed E-state index contributed by atoms with van der Waals surface area (Å²) < 4.78 is 30.8. The highest BCUT2D eigenvalue weighted by Gasteiger charge is 2.41. The maximum atomic E-state index is 11.5. The van der Waals surface area contributed by atoms with Gasteiger partial charge in [-0.2, -0.15) is 0 Å². The number of ether oxygens (including phenoxy) is 6. The zero-order valence-electron chi connectivity index (χ0n) is 15.8. The lowest BCUT2D eigenvalue weighted by molar-refractivity contribution is -0.197. The first-order chi connectivity index (χ1) is 12.1. The number of carbonyl (C=O) groups is 4. The largest absolute Gasteiger partial charge is 0.463 e. The number of carbonyl (C=O) groups excluding carboxylic acids is 4. The van der Waals surface area contributed by atoms with Crippen molar-refractivity contribution in [2.75, 3.05) is 27.4 Å². The van der Waals surface area contributed by atoms with E-state index in [0.717, 1.165) is 13.8 Å². The summed E-state index contributed by atoms with van der Waals surface area (Å²) in [5, 5.41) is 0. The zero-order chi connectivity index (χ0) is 20.3. The highest BCUT2D eigenvalue weighted by Crippen LogP contribution is 2.19. The number of methoxy groups -OCH3 is 2. The fourth-order valence-electron chi connectivity index (χ4n) is 2.15. The Hall–Kier alpha value is -2.20. The van der Waals surface area contributed by atoms with Crippen molar-refractivity contribution in [3.05, 3.63) is 0 Å². The Bertz CT molecular complexity index is 489. The van der Waals surface area contributed by atoms with E-state index in [1.807, 2.05) is 0 Å². The van der Waals surface area contributed by atoms with Crippen LogP contribution in [0.4, 0.5) is 0 Å². The lowest BCUT2D eigenvalue weighted by Gasteiger charge is -2.34. The minimum Gasteiger partial charge on any atom is -0.463 e. The van der Waals surface area contributed by atoms with E-state index >= 15 is 0 Å². The van der Waals surface area contributed by atoms with E-state index in [1.54, 1.807) is 0 Å². The van der Waals surface area contributed by atoms with Crippen molar-refractivity contribution in [3.8, 4) is 0 Å². The van der Waals surface area contributed by atoms with Gasteiger partial charge in [-0.1, -0.05) is 0 Å². The molecule has 10 heteroatoms. The molecule has 10 nitrogen and oxygen atoms in total. The van der Waals surface area contributed by atoms with E-state index in [-0.39, 0.29) is 13.2 Å². The quantitative estimate of drug-likeness (QED) is 0.358. The van der Waals surface area contributed by atoms with Gasteiger partial charge in [0, 0.05) is 41.9 Å². The fourth-order valence-corrected chi connectivity index (χ4v) is 2.15. The summed E-state index contributed by atoms with van der Waals surface area (Å²) >= 11 is 0. The number of hydrogen-bond acceptors (Lipinski definition) is 10. The summed E-state index contributed by atoms with van der Waals surface area (Å²) in [5.74, 6) is -2.51. The zero-order valence-corrected chi connectivity index (χ0v) is 15.8. The van der Waals surface area contributed by atoms with Crippen LogP contribution in [-0.4, -0.2) is 75.7 Å². The molecular formula is C16H26O10. The second kappa shape index (κ2) is 12.2. The Labute approximate surface area is 152 Å². The summed E-state index contributed by atoms with van der Waals surface area (Å²) in [4.78, 5) is 45.1. The van der Waals surface area contributed by atoms with Gasteiger partial charge in [0.05, 0.1) is 0 Å². The van der Waals surface area contributed by atoms with Gasteiger partial charge in [-0.3, -0.25) is 19.2 Å². The van der Waals surface area contributed by atoms with E-state index in [9.17, 15) is 19.2 Å². The first-order valence-corrected chi connectivity index (χ1v) is 7.79. The topological polar surface area (TPSA) is 124 Å². The van der Waals surface area contributed by atoms with Crippen molar-refractivity contribution >= 4 is 23.9 Å². The van der Waals surface area contributed by atoms with E-state index in [2.05, 4.69) is 0 Å². The van der Waals surface area contributed by atoms with Crippen LogP contribution in [0.3, 0.4) is 0 Å². The molecule has 4 atom stereocenters.